The molecule has 0 spiro atoms. The lowest BCUT2D eigenvalue weighted by Gasteiger charge is -2.15. The summed E-state index contributed by atoms with van der Waals surface area (Å²) in [5.74, 6) is -1.32. The van der Waals surface area contributed by atoms with Crippen LogP contribution in [0.3, 0.4) is 0 Å². The fraction of sp³-hybridized carbons (Fsp3) is 0.300. The van der Waals surface area contributed by atoms with Gasteiger partial charge in [0.1, 0.15) is 11.6 Å². The molecule has 1 aromatic carbocycles. The van der Waals surface area contributed by atoms with Crippen molar-refractivity contribution in [2.24, 2.45) is 0 Å². The van der Waals surface area contributed by atoms with Crippen molar-refractivity contribution in [2.45, 2.75) is 6.10 Å². The number of carboxylic acids is 1. The minimum Gasteiger partial charge on any atom is -0.478 e. The fourth-order valence-corrected chi connectivity index (χ4v) is 1.48. The van der Waals surface area contributed by atoms with Crippen LogP contribution in [0.15, 0.2) is 22.7 Å². The molecule has 0 radical (unpaired) electrons. The van der Waals surface area contributed by atoms with Crippen LogP contribution in [0.25, 0.3) is 0 Å². The number of carboxylic acid groups (broad SMARTS) is 1. The molecule has 1 N–H and O–H groups in total. The van der Waals surface area contributed by atoms with Gasteiger partial charge >= 0.3 is 5.97 Å². The van der Waals surface area contributed by atoms with E-state index in [0.29, 0.717) is 4.47 Å². The quantitative estimate of drug-likeness (QED) is 0.903. The second-order valence-electron chi connectivity index (χ2n) is 2.97. The van der Waals surface area contributed by atoms with Gasteiger partial charge < -0.3 is 14.6 Å². The Labute approximate surface area is 100 Å². The van der Waals surface area contributed by atoms with Gasteiger partial charge in [0, 0.05) is 7.11 Å². The molecule has 0 aliphatic carbocycles. The fourth-order valence-electron chi connectivity index (χ4n) is 1.03. The maximum atomic E-state index is 12.8. The van der Waals surface area contributed by atoms with Crippen LogP contribution in [0.4, 0.5) is 4.39 Å². The molecule has 0 aliphatic rings. The number of halogens is 2. The van der Waals surface area contributed by atoms with Crippen molar-refractivity contribution in [3.63, 3.8) is 0 Å². The van der Waals surface area contributed by atoms with Gasteiger partial charge in [0.15, 0.2) is 0 Å². The number of hydrogen-bond acceptors (Lipinski definition) is 3. The topological polar surface area (TPSA) is 55.8 Å². The molecule has 0 bridgehead atoms. The van der Waals surface area contributed by atoms with Crippen molar-refractivity contribution in [3.8, 4) is 5.75 Å². The lowest BCUT2D eigenvalue weighted by Crippen LogP contribution is -2.31. The summed E-state index contributed by atoms with van der Waals surface area (Å²) in [7, 11) is 1.37. The maximum absolute atomic E-state index is 12.8. The zero-order valence-corrected chi connectivity index (χ0v) is 10.0. The van der Waals surface area contributed by atoms with Gasteiger partial charge in [-0.25, -0.2) is 9.18 Å². The molecule has 1 rings (SSSR count). The predicted octanol–water partition coefficient (Wildman–Crippen LogP) is 2.07. The molecular formula is C10H10BrFO4. The van der Waals surface area contributed by atoms with E-state index in [0.717, 1.165) is 0 Å². The summed E-state index contributed by atoms with van der Waals surface area (Å²) in [4.78, 5) is 10.8. The first-order valence-corrected chi connectivity index (χ1v) is 5.17. The number of ether oxygens (including phenoxy) is 2. The largest absolute Gasteiger partial charge is 0.478 e. The third-order valence-corrected chi connectivity index (χ3v) is 2.38. The van der Waals surface area contributed by atoms with Crippen molar-refractivity contribution < 1.29 is 23.8 Å². The summed E-state index contributed by atoms with van der Waals surface area (Å²) >= 11 is 3.08. The van der Waals surface area contributed by atoms with E-state index in [4.69, 9.17) is 14.6 Å². The van der Waals surface area contributed by atoms with Gasteiger partial charge in [-0.15, -0.1) is 0 Å². The monoisotopic (exact) mass is 292 g/mol. The first kappa shape index (κ1) is 12.9. The normalized spacial score (nSPS) is 12.2. The first-order chi connectivity index (χ1) is 7.54. The highest BCUT2D eigenvalue weighted by Crippen LogP contribution is 2.26. The van der Waals surface area contributed by atoms with Gasteiger partial charge in [-0.2, -0.15) is 0 Å². The van der Waals surface area contributed by atoms with Crippen LogP contribution >= 0.6 is 15.9 Å². The lowest BCUT2D eigenvalue weighted by atomic mass is 10.3. The van der Waals surface area contributed by atoms with E-state index in [9.17, 15) is 9.18 Å². The molecular weight excluding hydrogens is 283 g/mol. The van der Waals surface area contributed by atoms with Gasteiger partial charge in [0.05, 0.1) is 11.1 Å². The third kappa shape index (κ3) is 3.46. The highest BCUT2D eigenvalue weighted by molar-refractivity contribution is 9.10. The van der Waals surface area contributed by atoms with Gasteiger partial charge in [-0.1, -0.05) is 0 Å². The lowest BCUT2D eigenvalue weighted by molar-refractivity contribution is -0.147. The van der Waals surface area contributed by atoms with Crippen LogP contribution < -0.4 is 4.74 Å². The van der Waals surface area contributed by atoms with E-state index in [1.165, 1.54) is 25.3 Å². The van der Waals surface area contributed by atoms with E-state index in [1.807, 2.05) is 0 Å². The summed E-state index contributed by atoms with van der Waals surface area (Å²) < 4.78 is 23.0. The Morgan fingerprint density at radius 2 is 2.31 bits per heavy atom. The number of methoxy groups -OCH3 is 1. The molecule has 16 heavy (non-hydrogen) atoms. The predicted molar refractivity (Wildman–Crippen MR) is 58.0 cm³/mol. The molecule has 6 heteroatoms. The van der Waals surface area contributed by atoms with Gasteiger partial charge in [-0.05, 0) is 34.1 Å². The number of carbonyl (C=O) groups is 1. The van der Waals surface area contributed by atoms with Crippen molar-refractivity contribution in [1.29, 1.82) is 0 Å². The van der Waals surface area contributed by atoms with E-state index in [1.54, 1.807) is 0 Å². The molecule has 0 saturated heterocycles. The number of benzene rings is 1. The Morgan fingerprint density at radius 3 is 2.81 bits per heavy atom. The van der Waals surface area contributed by atoms with Crippen molar-refractivity contribution in [1.82, 2.24) is 0 Å². The summed E-state index contributed by atoms with van der Waals surface area (Å²) in [6.45, 7) is -0.0842. The summed E-state index contributed by atoms with van der Waals surface area (Å²) in [6.07, 6.45) is -1.12. The highest BCUT2D eigenvalue weighted by atomic mass is 79.9. The van der Waals surface area contributed by atoms with Crippen molar-refractivity contribution in [3.05, 3.63) is 28.5 Å². The van der Waals surface area contributed by atoms with Crippen LogP contribution in [0.1, 0.15) is 0 Å². The van der Waals surface area contributed by atoms with Crippen LogP contribution in [0, 0.1) is 5.82 Å². The Hall–Kier alpha value is -1.14. The zero-order valence-electron chi connectivity index (χ0n) is 8.44. The molecule has 0 aliphatic heterocycles. The minimum atomic E-state index is -1.14. The highest BCUT2D eigenvalue weighted by Gasteiger charge is 2.20. The molecule has 0 fully saturated rings. The number of aliphatic carboxylic acids is 1. The first-order valence-electron chi connectivity index (χ1n) is 4.38. The summed E-state index contributed by atoms with van der Waals surface area (Å²) in [5.41, 5.74) is 0. The van der Waals surface area contributed by atoms with E-state index in [-0.39, 0.29) is 12.4 Å². The SMILES string of the molecule is COCC(Oc1ccc(F)cc1Br)C(=O)O. The smallest absolute Gasteiger partial charge is 0.347 e. The molecule has 0 saturated carbocycles. The Morgan fingerprint density at radius 1 is 1.62 bits per heavy atom. The molecule has 1 unspecified atom stereocenters. The third-order valence-electron chi connectivity index (χ3n) is 1.76. The van der Waals surface area contributed by atoms with Crippen molar-refractivity contribution >= 4 is 21.9 Å². The molecule has 4 nitrogen and oxygen atoms in total. The van der Waals surface area contributed by atoms with E-state index < -0.39 is 17.9 Å². The molecule has 0 amide bonds. The Kier molecular flexibility index (Phi) is 4.70. The summed E-state index contributed by atoms with van der Waals surface area (Å²) in [6, 6.07) is 3.73. The zero-order chi connectivity index (χ0) is 12.1. The molecule has 0 heterocycles. The van der Waals surface area contributed by atoms with Gasteiger partial charge in [-0.3, -0.25) is 0 Å². The Bertz CT molecular complexity index is 383. The van der Waals surface area contributed by atoms with Crippen LogP contribution in [-0.2, 0) is 9.53 Å². The molecule has 88 valence electrons. The van der Waals surface area contributed by atoms with Crippen LogP contribution in [0.5, 0.6) is 5.75 Å². The maximum Gasteiger partial charge on any atom is 0.347 e. The van der Waals surface area contributed by atoms with Crippen molar-refractivity contribution in [2.75, 3.05) is 13.7 Å². The van der Waals surface area contributed by atoms with Crippen LogP contribution in [0.2, 0.25) is 0 Å². The standard InChI is InChI=1S/C10H10BrFO4/c1-15-5-9(10(13)14)16-8-3-2-6(12)4-7(8)11/h2-4,9H,5H2,1H3,(H,13,14). The van der Waals surface area contributed by atoms with E-state index in [2.05, 4.69) is 15.9 Å². The number of rotatable bonds is 5. The summed E-state index contributed by atoms with van der Waals surface area (Å²) in [5, 5.41) is 8.82. The average molecular weight is 293 g/mol. The van der Waals surface area contributed by atoms with E-state index >= 15 is 0 Å². The van der Waals surface area contributed by atoms with Gasteiger partial charge in [0.25, 0.3) is 0 Å². The Balaban J connectivity index is 2.81. The molecule has 0 aromatic heterocycles. The minimum absolute atomic E-state index is 0.0842. The second kappa shape index (κ2) is 5.81. The van der Waals surface area contributed by atoms with Crippen LogP contribution in [-0.4, -0.2) is 30.9 Å². The second-order valence-corrected chi connectivity index (χ2v) is 3.83. The van der Waals surface area contributed by atoms with Gasteiger partial charge in [0.2, 0.25) is 6.10 Å². The number of hydrogen-bond donors (Lipinski definition) is 1. The average Bonchev–Trinajstić information content (AvgIpc) is 2.20. The molecule has 1 aromatic rings. The molecule has 1 atom stereocenters.